The van der Waals surface area contributed by atoms with Gasteiger partial charge >= 0.3 is 6.18 Å². The summed E-state index contributed by atoms with van der Waals surface area (Å²) in [6, 6.07) is 8.10. The molecular formula is C10H6F3NO. The quantitative estimate of drug-likeness (QED) is 0.725. The SMILES string of the molecule is FC(F)(F)c1conc1-c1ccccc1. The highest BCUT2D eigenvalue weighted by Gasteiger charge is 2.36. The largest absolute Gasteiger partial charge is 0.421 e. The van der Waals surface area contributed by atoms with Crippen molar-refractivity contribution in [3.63, 3.8) is 0 Å². The normalized spacial score (nSPS) is 11.7. The molecule has 2 rings (SSSR count). The van der Waals surface area contributed by atoms with Crippen LogP contribution in [0.25, 0.3) is 11.3 Å². The van der Waals surface area contributed by atoms with Gasteiger partial charge in [-0.15, -0.1) is 0 Å². The van der Waals surface area contributed by atoms with E-state index in [1.807, 2.05) is 0 Å². The standard InChI is InChI=1S/C10H6F3NO/c11-10(12,13)8-6-15-14-9(8)7-4-2-1-3-5-7/h1-6H. The molecule has 0 atom stereocenters. The van der Waals surface area contributed by atoms with E-state index in [2.05, 4.69) is 9.68 Å². The Morgan fingerprint density at radius 3 is 2.33 bits per heavy atom. The molecule has 0 fully saturated rings. The summed E-state index contributed by atoms with van der Waals surface area (Å²) in [6.45, 7) is 0. The molecule has 2 aromatic rings. The fourth-order valence-corrected chi connectivity index (χ4v) is 1.24. The van der Waals surface area contributed by atoms with E-state index >= 15 is 0 Å². The minimum absolute atomic E-state index is 0.178. The van der Waals surface area contributed by atoms with Crippen molar-refractivity contribution in [1.29, 1.82) is 0 Å². The first-order chi connectivity index (χ1) is 7.09. The van der Waals surface area contributed by atoms with E-state index in [0.717, 1.165) is 0 Å². The average Bonchev–Trinajstić information content (AvgIpc) is 2.67. The van der Waals surface area contributed by atoms with Crippen LogP contribution in [-0.4, -0.2) is 5.16 Å². The van der Waals surface area contributed by atoms with Gasteiger partial charge in [-0.2, -0.15) is 13.2 Å². The van der Waals surface area contributed by atoms with Gasteiger partial charge in [-0.1, -0.05) is 35.5 Å². The highest BCUT2D eigenvalue weighted by Crippen LogP contribution is 2.35. The Hall–Kier alpha value is -1.78. The Kier molecular flexibility index (Phi) is 2.22. The maximum Gasteiger partial charge on any atom is 0.421 e. The van der Waals surface area contributed by atoms with Gasteiger partial charge in [0.2, 0.25) is 0 Å². The van der Waals surface area contributed by atoms with Gasteiger partial charge in [-0.3, -0.25) is 0 Å². The lowest BCUT2D eigenvalue weighted by Gasteiger charge is -2.04. The molecule has 0 unspecified atom stereocenters. The maximum absolute atomic E-state index is 12.5. The maximum atomic E-state index is 12.5. The molecule has 1 aromatic carbocycles. The molecule has 1 aromatic heterocycles. The monoisotopic (exact) mass is 213 g/mol. The smallest absolute Gasteiger partial charge is 0.363 e. The number of nitrogens with zero attached hydrogens (tertiary/aromatic N) is 1. The molecule has 0 spiro atoms. The molecule has 0 aliphatic heterocycles. The number of hydrogen-bond donors (Lipinski definition) is 0. The van der Waals surface area contributed by atoms with Crippen LogP contribution in [0.4, 0.5) is 13.2 Å². The van der Waals surface area contributed by atoms with Crippen molar-refractivity contribution >= 4 is 0 Å². The molecule has 0 aliphatic carbocycles. The second kappa shape index (κ2) is 3.42. The van der Waals surface area contributed by atoms with Gasteiger partial charge in [0.15, 0.2) is 0 Å². The van der Waals surface area contributed by atoms with Crippen LogP contribution < -0.4 is 0 Å². The summed E-state index contributed by atoms with van der Waals surface area (Å²) < 4.78 is 41.8. The van der Waals surface area contributed by atoms with Gasteiger partial charge in [-0.05, 0) is 0 Å². The summed E-state index contributed by atoms with van der Waals surface area (Å²) in [4.78, 5) is 0. The fraction of sp³-hybridized carbons (Fsp3) is 0.100. The van der Waals surface area contributed by atoms with Crippen molar-refractivity contribution in [3.05, 3.63) is 42.2 Å². The number of hydrogen-bond acceptors (Lipinski definition) is 2. The predicted octanol–water partition coefficient (Wildman–Crippen LogP) is 3.36. The zero-order chi connectivity index (χ0) is 10.9. The van der Waals surface area contributed by atoms with Gasteiger partial charge in [0.25, 0.3) is 0 Å². The van der Waals surface area contributed by atoms with Crippen LogP contribution in [0.3, 0.4) is 0 Å². The molecule has 15 heavy (non-hydrogen) atoms. The summed E-state index contributed by atoms with van der Waals surface area (Å²) in [7, 11) is 0. The first kappa shape index (κ1) is 9.76. The lowest BCUT2D eigenvalue weighted by atomic mass is 10.1. The Morgan fingerprint density at radius 1 is 1.07 bits per heavy atom. The van der Waals surface area contributed by atoms with Crippen molar-refractivity contribution in [2.24, 2.45) is 0 Å². The minimum atomic E-state index is -4.44. The second-order valence-electron chi connectivity index (χ2n) is 2.94. The van der Waals surface area contributed by atoms with Crippen LogP contribution in [0.2, 0.25) is 0 Å². The summed E-state index contributed by atoms with van der Waals surface area (Å²) in [6.07, 6.45) is -3.83. The third-order valence-corrected chi connectivity index (χ3v) is 1.92. The number of aromatic nitrogens is 1. The van der Waals surface area contributed by atoms with Gasteiger partial charge < -0.3 is 4.52 Å². The molecule has 5 heteroatoms. The number of halogens is 3. The highest BCUT2D eigenvalue weighted by molar-refractivity contribution is 5.62. The molecule has 0 bridgehead atoms. The van der Waals surface area contributed by atoms with Crippen molar-refractivity contribution < 1.29 is 17.7 Å². The van der Waals surface area contributed by atoms with E-state index in [9.17, 15) is 13.2 Å². The molecule has 2 nitrogen and oxygen atoms in total. The van der Waals surface area contributed by atoms with Crippen molar-refractivity contribution in [2.45, 2.75) is 6.18 Å². The Bertz CT molecular complexity index is 447. The van der Waals surface area contributed by atoms with E-state index in [4.69, 9.17) is 0 Å². The van der Waals surface area contributed by atoms with Gasteiger partial charge in [0.05, 0.1) is 0 Å². The van der Waals surface area contributed by atoms with E-state index in [0.29, 0.717) is 11.8 Å². The zero-order valence-electron chi connectivity index (χ0n) is 7.45. The lowest BCUT2D eigenvalue weighted by Crippen LogP contribution is -2.05. The molecule has 0 N–H and O–H groups in total. The molecule has 1 heterocycles. The highest BCUT2D eigenvalue weighted by atomic mass is 19.4. The van der Waals surface area contributed by atoms with Crippen molar-refractivity contribution in [1.82, 2.24) is 5.16 Å². The third kappa shape index (κ3) is 1.86. The number of alkyl halides is 3. The average molecular weight is 213 g/mol. The number of benzene rings is 1. The Morgan fingerprint density at radius 2 is 1.73 bits per heavy atom. The summed E-state index contributed by atoms with van der Waals surface area (Å²) in [5.41, 5.74) is -0.643. The second-order valence-corrected chi connectivity index (χ2v) is 2.94. The predicted molar refractivity (Wildman–Crippen MR) is 46.9 cm³/mol. The van der Waals surface area contributed by atoms with Crippen LogP contribution >= 0.6 is 0 Å². The molecule has 0 amide bonds. The molecule has 78 valence electrons. The zero-order valence-corrected chi connectivity index (χ0v) is 7.45. The summed E-state index contributed by atoms with van der Waals surface area (Å²) >= 11 is 0. The number of rotatable bonds is 1. The van der Waals surface area contributed by atoms with Crippen LogP contribution in [0.1, 0.15) is 5.56 Å². The topological polar surface area (TPSA) is 26.0 Å². The van der Waals surface area contributed by atoms with E-state index in [1.165, 1.54) is 0 Å². The molecule has 0 aliphatic rings. The molecular weight excluding hydrogens is 207 g/mol. The van der Waals surface area contributed by atoms with Crippen molar-refractivity contribution in [2.75, 3.05) is 0 Å². The van der Waals surface area contributed by atoms with Crippen LogP contribution in [0.5, 0.6) is 0 Å². The van der Waals surface area contributed by atoms with Crippen molar-refractivity contribution in [3.8, 4) is 11.3 Å². The van der Waals surface area contributed by atoms with E-state index in [1.54, 1.807) is 30.3 Å². The van der Waals surface area contributed by atoms with E-state index in [-0.39, 0.29) is 5.69 Å². The Labute approximate surface area is 83.3 Å². The summed E-state index contributed by atoms with van der Waals surface area (Å²) in [5, 5.41) is 3.36. The minimum Gasteiger partial charge on any atom is -0.363 e. The van der Waals surface area contributed by atoms with Crippen LogP contribution in [0, 0.1) is 0 Å². The van der Waals surface area contributed by atoms with Crippen LogP contribution in [0.15, 0.2) is 41.1 Å². The molecule has 0 saturated heterocycles. The van der Waals surface area contributed by atoms with Gasteiger partial charge in [0.1, 0.15) is 17.5 Å². The third-order valence-electron chi connectivity index (χ3n) is 1.92. The molecule has 0 radical (unpaired) electrons. The Balaban J connectivity index is 2.51. The van der Waals surface area contributed by atoms with Gasteiger partial charge in [-0.25, -0.2) is 0 Å². The van der Waals surface area contributed by atoms with Gasteiger partial charge in [0, 0.05) is 5.56 Å². The first-order valence-electron chi connectivity index (χ1n) is 4.16. The van der Waals surface area contributed by atoms with Crippen LogP contribution in [-0.2, 0) is 6.18 Å². The lowest BCUT2D eigenvalue weighted by molar-refractivity contribution is -0.137. The van der Waals surface area contributed by atoms with E-state index < -0.39 is 11.7 Å². The summed E-state index contributed by atoms with van der Waals surface area (Å²) in [5.74, 6) is 0. The molecule has 0 saturated carbocycles. The fourth-order valence-electron chi connectivity index (χ4n) is 1.24. The first-order valence-corrected chi connectivity index (χ1v) is 4.16.